The van der Waals surface area contributed by atoms with Crippen molar-refractivity contribution < 1.29 is 4.79 Å². The lowest BCUT2D eigenvalue weighted by atomic mass is 9.93. The Morgan fingerprint density at radius 1 is 1.33 bits per heavy atom. The van der Waals surface area contributed by atoms with Crippen LogP contribution < -0.4 is 0 Å². The van der Waals surface area contributed by atoms with Gasteiger partial charge in [-0.25, -0.2) is 0 Å². The third-order valence-corrected chi connectivity index (χ3v) is 3.87. The Hall–Kier alpha value is -0.530. The number of Topliss-reactive ketones (excluding diaryl/α,β-unsaturated/α-hetero) is 1. The zero-order valence-corrected chi connectivity index (χ0v) is 10.0. The van der Waals surface area contributed by atoms with Crippen molar-refractivity contribution in [1.29, 1.82) is 0 Å². The highest BCUT2D eigenvalue weighted by Crippen LogP contribution is 2.49. The molecule has 0 spiro atoms. The van der Waals surface area contributed by atoms with E-state index in [1.807, 2.05) is 12.1 Å². The lowest BCUT2D eigenvalue weighted by Crippen LogP contribution is -2.14. The maximum Gasteiger partial charge on any atom is 0.136 e. The van der Waals surface area contributed by atoms with Gasteiger partial charge in [0, 0.05) is 5.41 Å². The number of halogens is 2. The van der Waals surface area contributed by atoms with Crippen LogP contribution in [-0.4, -0.2) is 5.78 Å². The van der Waals surface area contributed by atoms with Crippen LogP contribution in [0.15, 0.2) is 18.2 Å². The molecule has 0 N–H and O–H groups in total. The van der Waals surface area contributed by atoms with Gasteiger partial charge in [0.2, 0.25) is 0 Å². The average Bonchev–Trinajstić information content (AvgIpc) is 2.93. The highest BCUT2D eigenvalue weighted by molar-refractivity contribution is 6.42. The molecule has 0 aromatic heterocycles. The number of rotatable bonds is 3. The molecule has 80 valence electrons. The molecule has 1 aromatic carbocycles. The fourth-order valence-corrected chi connectivity index (χ4v) is 2.17. The van der Waals surface area contributed by atoms with Gasteiger partial charge in [-0.05, 0) is 43.9 Å². The molecule has 0 aliphatic heterocycles. The van der Waals surface area contributed by atoms with Crippen molar-refractivity contribution in [1.82, 2.24) is 0 Å². The highest BCUT2D eigenvalue weighted by Gasteiger charge is 2.46. The third kappa shape index (κ3) is 2.19. The highest BCUT2D eigenvalue weighted by atomic mass is 35.5. The molecule has 2 rings (SSSR count). The summed E-state index contributed by atoms with van der Waals surface area (Å²) in [6.07, 6.45) is 2.80. The molecule has 1 aliphatic carbocycles. The van der Waals surface area contributed by atoms with Crippen LogP contribution in [0, 0.1) is 5.41 Å². The van der Waals surface area contributed by atoms with Crippen LogP contribution in [0.2, 0.25) is 10.0 Å². The van der Waals surface area contributed by atoms with Crippen molar-refractivity contribution in [3.05, 3.63) is 33.8 Å². The maximum atomic E-state index is 11.4. The molecule has 0 bridgehead atoms. The van der Waals surface area contributed by atoms with Gasteiger partial charge in [-0.1, -0.05) is 29.3 Å². The van der Waals surface area contributed by atoms with E-state index in [1.54, 1.807) is 13.0 Å². The van der Waals surface area contributed by atoms with Crippen LogP contribution in [0.3, 0.4) is 0 Å². The largest absolute Gasteiger partial charge is 0.299 e. The lowest BCUT2D eigenvalue weighted by Gasteiger charge is -2.11. The van der Waals surface area contributed by atoms with Crippen molar-refractivity contribution in [2.75, 3.05) is 0 Å². The van der Waals surface area contributed by atoms with Gasteiger partial charge in [-0.2, -0.15) is 0 Å². The average molecular weight is 243 g/mol. The Balaban J connectivity index is 2.18. The first-order valence-electron chi connectivity index (χ1n) is 4.98. The van der Waals surface area contributed by atoms with E-state index in [2.05, 4.69) is 0 Å². The van der Waals surface area contributed by atoms with Gasteiger partial charge in [0.25, 0.3) is 0 Å². The summed E-state index contributed by atoms with van der Waals surface area (Å²) >= 11 is 11.8. The Morgan fingerprint density at radius 3 is 2.47 bits per heavy atom. The third-order valence-electron chi connectivity index (χ3n) is 3.13. The van der Waals surface area contributed by atoms with E-state index >= 15 is 0 Å². The van der Waals surface area contributed by atoms with E-state index in [9.17, 15) is 4.79 Å². The number of hydrogen-bond acceptors (Lipinski definition) is 1. The molecule has 15 heavy (non-hydrogen) atoms. The molecule has 0 atom stereocenters. The van der Waals surface area contributed by atoms with Crippen molar-refractivity contribution in [2.24, 2.45) is 5.41 Å². The molecule has 0 saturated heterocycles. The SMILES string of the molecule is CC(=O)C1(Cc2ccc(Cl)c(Cl)c2)CC1. The van der Waals surface area contributed by atoms with Gasteiger partial charge in [-0.3, -0.25) is 4.79 Å². The number of benzene rings is 1. The van der Waals surface area contributed by atoms with E-state index in [-0.39, 0.29) is 11.2 Å². The topological polar surface area (TPSA) is 17.1 Å². The van der Waals surface area contributed by atoms with E-state index < -0.39 is 0 Å². The van der Waals surface area contributed by atoms with Crippen molar-refractivity contribution in [2.45, 2.75) is 26.2 Å². The molecule has 0 unspecified atom stereocenters. The summed E-state index contributed by atoms with van der Waals surface area (Å²) in [7, 11) is 0. The smallest absolute Gasteiger partial charge is 0.136 e. The first-order chi connectivity index (χ1) is 7.03. The van der Waals surface area contributed by atoms with Crippen LogP contribution in [0.1, 0.15) is 25.3 Å². The van der Waals surface area contributed by atoms with Gasteiger partial charge >= 0.3 is 0 Å². The lowest BCUT2D eigenvalue weighted by molar-refractivity contribution is -0.121. The summed E-state index contributed by atoms with van der Waals surface area (Å²) in [6.45, 7) is 1.67. The fraction of sp³-hybridized carbons (Fsp3) is 0.417. The monoisotopic (exact) mass is 242 g/mol. The Kier molecular flexibility index (Phi) is 2.78. The van der Waals surface area contributed by atoms with Crippen LogP contribution >= 0.6 is 23.2 Å². The normalized spacial score (nSPS) is 17.5. The minimum atomic E-state index is -0.100. The van der Waals surface area contributed by atoms with E-state index in [1.165, 1.54) is 0 Å². The molecule has 0 heterocycles. The molecule has 3 heteroatoms. The maximum absolute atomic E-state index is 11.4. The molecule has 0 radical (unpaired) electrons. The minimum absolute atomic E-state index is 0.100. The van der Waals surface area contributed by atoms with Gasteiger partial charge in [0.05, 0.1) is 10.0 Å². The van der Waals surface area contributed by atoms with E-state index in [4.69, 9.17) is 23.2 Å². The van der Waals surface area contributed by atoms with Gasteiger partial charge < -0.3 is 0 Å². The molecule has 1 nitrogen and oxygen atoms in total. The molecule has 1 saturated carbocycles. The van der Waals surface area contributed by atoms with Gasteiger partial charge in [0.1, 0.15) is 5.78 Å². The van der Waals surface area contributed by atoms with Crippen molar-refractivity contribution in [3.63, 3.8) is 0 Å². The Bertz CT molecular complexity index is 408. The second kappa shape index (κ2) is 3.80. The molecular formula is C12H12Cl2O. The predicted octanol–water partition coefficient (Wildman–Crippen LogP) is 3.91. The summed E-state index contributed by atoms with van der Waals surface area (Å²) in [4.78, 5) is 11.4. The van der Waals surface area contributed by atoms with E-state index in [0.717, 1.165) is 24.8 Å². The zero-order valence-electron chi connectivity index (χ0n) is 8.52. The fourth-order valence-electron chi connectivity index (χ4n) is 1.84. The summed E-state index contributed by atoms with van der Waals surface area (Å²) in [5.41, 5.74) is 0.994. The number of ketones is 1. The summed E-state index contributed by atoms with van der Waals surface area (Å²) < 4.78 is 0. The van der Waals surface area contributed by atoms with Crippen LogP contribution in [0.5, 0.6) is 0 Å². The molecule has 0 amide bonds. The zero-order chi connectivity index (χ0) is 11.1. The summed E-state index contributed by atoms with van der Waals surface area (Å²) in [5, 5.41) is 1.13. The van der Waals surface area contributed by atoms with Crippen LogP contribution in [0.25, 0.3) is 0 Å². The van der Waals surface area contributed by atoms with Gasteiger partial charge in [-0.15, -0.1) is 0 Å². The molecule has 1 fully saturated rings. The number of hydrogen-bond donors (Lipinski definition) is 0. The summed E-state index contributed by atoms with van der Waals surface area (Å²) in [6, 6.07) is 5.58. The molecular weight excluding hydrogens is 231 g/mol. The van der Waals surface area contributed by atoms with Crippen molar-refractivity contribution in [3.8, 4) is 0 Å². The number of carbonyl (C=O) groups is 1. The first-order valence-corrected chi connectivity index (χ1v) is 5.74. The quantitative estimate of drug-likeness (QED) is 0.786. The van der Waals surface area contributed by atoms with Gasteiger partial charge in [0.15, 0.2) is 0 Å². The Morgan fingerprint density at radius 2 is 2.00 bits per heavy atom. The van der Waals surface area contributed by atoms with Crippen LogP contribution in [0.4, 0.5) is 0 Å². The predicted molar refractivity (Wildman–Crippen MR) is 62.5 cm³/mol. The summed E-state index contributed by atoms with van der Waals surface area (Å²) in [5.74, 6) is 0.286. The van der Waals surface area contributed by atoms with E-state index in [0.29, 0.717) is 10.0 Å². The molecule has 1 aliphatic rings. The standard InChI is InChI=1S/C12H12Cl2O/c1-8(15)12(4-5-12)7-9-2-3-10(13)11(14)6-9/h2-3,6H,4-5,7H2,1H3. The second-order valence-corrected chi connectivity index (χ2v) is 5.08. The van der Waals surface area contributed by atoms with Crippen LogP contribution in [-0.2, 0) is 11.2 Å². The minimum Gasteiger partial charge on any atom is -0.299 e. The first kappa shape index (κ1) is 11.0. The molecule has 1 aromatic rings. The second-order valence-electron chi connectivity index (χ2n) is 4.26. The van der Waals surface area contributed by atoms with Crippen molar-refractivity contribution >= 4 is 29.0 Å². The number of carbonyl (C=O) groups excluding carboxylic acids is 1. The Labute approximate surface area is 99.4 Å².